The molecule has 0 unspecified atom stereocenters. The van der Waals surface area contributed by atoms with Gasteiger partial charge in [0, 0.05) is 28.5 Å². The Kier molecular flexibility index (Phi) is 3.77. The van der Waals surface area contributed by atoms with Gasteiger partial charge in [-0.2, -0.15) is 0 Å². The number of nitrogens with one attached hydrogen (secondary N) is 1. The fourth-order valence-corrected chi connectivity index (χ4v) is 3.16. The highest BCUT2D eigenvalue weighted by atomic mass is 32.1. The van der Waals surface area contributed by atoms with Gasteiger partial charge in [0.05, 0.1) is 10.4 Å². The van der Waals surface area contributed by atoms with Crippen LogP contribution >= 0.6 is 11.3 Å². The van der Waals surface area contributed by atoms with Gasteiger partial charge >= 0.3 is 0 Å². The van der Waals surface area contributed by atoms with Gasteiger partial charge in [0.2, 0.25) is 0 Å². The van der Waals surface area contributed by atoms with Crippen molar-refractivity contribution < 1.29 is 9.32 Å². The number of pyridine rings is 1. The Balaban J connectivity index is 1.69. The summed E-state index contributed by atoms with van der Waals surface area (Å²) in [5.41, 5.74) is 4.10. The molecule has 1 amide bonds. The van der Waals surface area contributed by atoms with Crippen molar-refractivity contribution in [1.29, 1.82) is 0 Å². The van der Waals surface area contributed by atoms with Gasteiger partial charge in [-0.05, 0) is 44.2 Å². The van der Waals surface area contributed by atoms with E-state index in [0.29, 0.717) is 22.5 Å². The molecule has 25 heavy (non-hydrogen) atoms. The van der Waals surface area contributed by atoms with Gasteiger partial charge in [0.25, 0.3) is 5.91 Å². The molecule has 0 aliphatic rings. The number of anilines is 1. The van der Waals surface area contributed by atoms with Crippen LogP contribution in [0, 0.1) is 13.8 Å². The van der Waals surface area contributed by atoms with E-state index in [-0.39, 0.29) is 5.91 Å². The number of aryl methyl sites for hydroxylation is 2. The summed E-state index contributed by atoms with van der Waals surface area (Å²) in [6, 6.07) is 8.82. The maximum atomic E-state index is 12.5. The summed E-state index contributed by atoms with van der Waals surface area (Å²) in [5.74, 6) is -0.200. The van der Waals surface area contributed by atoms with E-state index in [9.17, 15) is 4.79 Å². The lowest BCUT2D eigenvalue weighted by Crippen LogP contribution is -2.11. The Morgan fingerprint density at radius 3 is 2.84 bits per heavy atom. The van der Waals surface area contributed by atoms with Crippen molar-refractivity contribution in [2.45, 2.75) is 13.8 Å². The normalized spacial score (nSPS) is 11.0. The van der Waals surface area contributed by atoms with E-state index >= 15 is 0 Å². The van der Waals surface area contributed by atoms with Crippen LogP contribution < -0.4 is 5.32 Å². The van der Waals surface area contributed by atoms with Gasteiger partial charge in [-0.3, -0.25) is 9.78 Å². The molecule has 124 valence electrons. The van der Waals surface area contributed by atoms with Crippen molar-refractivity contribution in [3.8, 4) is 11.4 Å². The van der Waals surface area contributed by atoms with E-state index in [0.717, 1.165) is 21.8 Å². The third kappa shape index (κ3) is 3.01. The average molecular weight is 350 g/mol. The van der Waals surface area contributed by atoms with Crippen LogP contribution in [0.1, 0.15) is 21.1 Å². The van der Waals surface area contributed by atoms with E-state index < -0.39 is 0 Å². The first-order valence-corrected chi connectivity index (χ1v) is 8.54. The summed E-state index contributed by atoms with van der Waals surface area (Å²) in [4.78, 5) is 21.1. The maximum Gasteiger partial charge on any atom is 0.255 e. The van der Waals surface area contributed by atoms with Crippen molar-refractivity contribution in [3.05, 3.63) is 58.2 Å². The van der Waals surface area contributed by atoms with Crippen LogP contribution in [-0.4, -0.2) is 21.0 Å². The van der Waals surface area contributed by atoms with E-state index in [1.54, 1.807) is 41.8 Å². The number of benzene rings is 1. The number of thiazole rings is 1. The molecule has 4 rings (SSSR count). The SMILES string of the molecule is Cc1cc(NC(=O)c2ccc3onc(-c4csc(C)n4)c3c2)ccn1. The van der Waals surface area contributed by atoms with Crippen LogP contribution in [0.4, 0.5) is 5.69 Å². The lowest BCUT2D eigenvalue weighted by Gasteiger charge is -2.05. The highest BCUT2D eigenvalue weighted by Gasteiger charge is 2.16. The van der Waals surface area contributed by atoms with Gasteiger partial charge in [-0.15, -0.1) is 11.3 Å². The molecule has 0 aliphatic carbocycles. The monoisotopic (exact) mass is 350 g/mol. The minimum absolute atomic E-state index is 0.200. The molecule has 0 fully saturated rings. The highest BCUT2D eigenvalue weighted by Crippen LogP contribution is 2.29. The summed E-state index contributed by atoms with van der Waals surface area (Å²) in [7, 11) is 0. The Morgan fingerprint density at radius 2 is 2.08 bits per heavy atom. The van der Waals surface area contributed by atoms with Crippen LogP contribution in [0.3, 0.4) is 0 Å². The summed E-state index contributed by atoms with van der Waals surface area (Å²) in [6.45, 7) is 3.81. The zero-order valence-corrected chi connectivity index (χ0v) is 14.4. The number of aromatic nitrogens is 3. The molecule has 0 saturated heterocycles. The number of hydrogen-bond acceptors (Lipinski definition) is 6. The number of rotatable bonds is 3. The molecular formula is C18H14N4O2S. The molecule has 1 N–H and O–H groups in total. The molecule has 1 aromatic carbocycles. The van der Waals surface area contributed by atoms with Gasteiger partial charge < -0.3 is 9.84 Å². The third-order valence-electron chi connectivity index (χ3n) is 3.75. The number of hydrogen-bond donors (Lipinski definition) is 1. The van der Waals surface area contributed by atoms with Crippen LogP contribution in [0.5, 0.6) is 0 Å². The molecule has 0 aliphatic heterocycles. The van der Waals surface area contributed by atoms with Gasteiger partial charge in [-0.1, -0.05) is 5.16 Å². The lowest BCUT2D eigenvalue weighted by molar-refractivity contribution is 0.102. The number of amides is 1. The molecular weight excluding hydrogens is 336 g/mol. The minimum Gasteiger partial charge on any atom is -0.356 e. The van der Waals surface area contributed by atoms with E-state index in [1.807, 2.05) is 25.3 Å². The van der Waals surface area contributed by atoms with Gasteiger partial charge in [-0.25, -0.2) is 4.98 Å². The number of carbonyl (C=O) groups excluding carboxylic acids is 1. The van der Waals surface area contributed by atoms with E-state index in [1.165, 1.54) is 0 Å². The second kappa shape index (κ2) is 6.10. The number of carbonyl (C=O) groups is 1. The van der Waals surface area contributed by atoms with Crippen molar-refractivity contribution in [2.24, 2.45) is 0 Å². The quantitative estimate of drug-likeness (QED) is 0.598. The first-order valence-electron chi connectivity index (χ1n) is 7.66. The Labute approximate surface area is 147 Å². The number of nitrogens with zero attached hydrogens (tertiary/aromatic N) is 3. The molecule has 0 saturated carbocycles. The van der Waals surface area contributed by atoms with Gasteiger partial charge in [0.1, 0.15) is 11.4 Å². The molecule has 7 heteroatoms. The summed E-state index contributed by atoms with van der Waals surface area (Å²) in [5, 5.41) is 10.6. The molecule has 0 atom stereocenters. The second-order valence-corrected chi connectivity index (χ2v) is 6.70. The van der Waals surface area contributed by atoms with Crippen LogP contribution in [-0.2, 0) is 0 Å². The Hall–Kier alpha value is -3.06. The van der Waals surface area contributed by atoms with Crippen molar-refractivity contribution in [2.75, 3.05) is 5.32 Å². The fraction of sp³-hybridized carbons (Fsp3) is 0.111. The molecule has 3 aromatic heterocycles. The zero-order valence-electron chi connectivity index (χ0n) is 13.6. The first-order chi connectivity index (χ1) is 12.1. The predicted octanol–water partition coefficient (Wildman–Crippen LogP) is 4.22. The maximum absolute atomic E-state index is 12.5. The first kappa shape index (κ1) is 15.5. The minimum atomic E-state index is -0.200. The summed E-state index contributed by atoms with van der Waals surface area (Å²) >= 11 is 1.55. The van der Waals surface area contributed by atoms with E-state index in [2.05, 4.69) is 20.4 Å². The smallest absolute Gasteiger partial charge is 0.255 e. The third-order valence-corrected chi connectivity index (χ3v) is 4.52. The Morgan fingerprint density at radius 1 is 1.20 bits per heavy atom. The lowest BCUT2D eigenvalue weighted by atomic mass is 10.1. The topological polar surface area (TPSA) is 80.9 Å². The molecule has 0 radical (unpaired) electrons. The zero-order chi connectivity index (χ0) is 17.4. The molecule has 0 spiro atoms. The summed E-state index contributed by atoms with van der Waals surface area (Å²) in [6.07, 6.45) is 1.66. The second-order valence-electron chi connectivity index (χ2n) is 5.63. The summed E-state index contributed by atoms with van der Waals surface area (Å²) < 4.78 is 5.36. The van der Waals surface area contributed by atoms with E-state index in [4.69, 9.17) is 4.52 Å². The fourth-order valence-electron chi connectivity index (χ4n) is 2.56. The largest absolute Gasteiger partial charge is 0.356 e. The average Bonchev–Trinajstić information content (AvgIpc) is 3.20. The van der Waals surface area contributed by atoms with Crippen molar-refractivity contribution in [1.82, 2.24) is 15.1 Å². The predicted molar refractivity (Wildman–Crippen MR) is 96.8 cm³/mol. The van der Waals surface area contributed by atoms with Crippen LogP contribution in [0.15, 0.2) is 46.4 Å². The highest BCUT2D eigenvalue weighted by molar-refractivity contribution is 7.09. The van der Waals surface area contributed by atoms with Crippen LogP contribution in [0.25, 0.3) is 22.4 Å². The van der Waals surface area contributed by atoms with Crippen LogP contribution in [0.2, 0.25) is 0 Å². The van der Waals surface area contributed by atoms with Crippen molar-refractivity contribution in [3.63, 3.8) is 0 Å². The molecule has 3 heterocycles. The molecule has 0 bridgehead atoms. The molecule has 6 nitrogen and oxygen atoms in total. The van der Waals surface area contributed by atoms with Crippen molar-refractivity contribution >= 4 is 33.9 Å². The van der Waals surface area contributed by atoms with Gasteiger partial charge in [0.15, 0.2) is 5.58 Å². The molecule has 4 aromatic rings. The Bertz CT molecular complexity index is 1080. The number of fused-ring (bicyclic) bond motifs is 1. The standard InChI is InChI=1S/C18H14N4O2S/c1-10-7-13(5-6-19-10)21-18(23)12-3-4-16-14(8-12)17(22-24-16)15-9-25-11(2)20-15/h3-9H,1-2H3,(H,19,21,23).